The Morgan fingerprint density at radius 2 is 2.00 bits per heavy atom. The van der Waals surface area contributed by atoms with Crippen LogP contribution in [0.4, 0.5) is 10.5 Å². The van der Waals surface area contributed by atoms with Gasteiger partial charge in [0, 0.05) is 11.1 Å². The van der Waals surface area contributed by atoms with Crippen molar-refractivity contribution in [1.29, 1.82) is 0 Å². The van der Waals surface area contributed by atoms with E-state index in [-0.39, 0.29) is 17.4 Å². The van der Waals surface area contributed by atoms with E-state index in [0.717, 1.165) is 0 Å². The number of carbonyl (C=O) groups is 2. The van der Waals surface area contributed by atoms with Crippen LogP contribution in [0.25, 0.3) is 0 Å². The third-order valence-electron chi connectivity index (χ3n) is 4.22. The van der Waals surface area contributed by atoms with Gasteiger partial charge in [0.15, 0.2) is 9.84 Å². The first-order chi connectivity index (χ1) is 12.6. The van der Waals surface area contributed by atoms with Crippen molar-refractivity contribution in [3.63, 3.8) is 0 Å². The summed E-state index contributed by atoms with van der Waals surface area (Å²) in [6.07, 6.45) is 0.369. The highest BCUT2D eigenvalue weighted by Gasteiger charge is 2.31. The molecule has 0 aromatic heterocycles. The number of hydrogen-bond donors (Lipinski definition) is 3. The number of sulfone groups is 1. The average Bonchev–Trinajstić information content (AvgIpc) is 2.91. The Labute approximate surface area is 163 Å². The maximum absolute atomic E-state index is 12.7. The summed E-state index contributed by atoms with van der Waals surface area (Å²) in [5, 5.41) is 8.37. The van der Waals surface area contributed by atoms with E-state index in [0.29, 0.717) is 22.9 Å². The Kier molecular flexibility index (Phi) is 6.94. The van der Waals surface area contributed by atoms with E-state index in [1.54, 1.807) is 32.0 Å². The van der Waals surface area contributed by atoms with Gasteiger partial charge in [0.05, 0.1) is 24.3 Å². The topological polar surface area (TPSA) is 114 Å². The Morgan fingerprint density at radius 3 is 2.56 bits per heavy atom. The molecule has 10 heteroatoms. The molecule has 1 aromatic carbocycles. The van der Waals surface area contributed by atoms with Crippen LogP contribution in [0.5, 0.6) is 5.75 Å². The molecule has 1 aliphatic rings. The van der Waals surface area contributed by atoms with Crippen molar-refractivity contribution in [1.82, 2.24) is 10.6 Å². The number of methoxy groups -OCH3 is 1. The molecule has 1 heterocycles. The summed E-state index contributed by atoms with van der Waals surface area (Å²) in [4.78, 5) is 24.9. The molecule has 0 spiro atoms. The first-order valence-corrected chi connectivity index (χ1v) is 10.7. The molecule has 27 heavy (non-hydrogen) atoms. The van der Waals surface area contributed by atoms with Crippen molar-refractivity contribution in [3.8, 4) is 5.75 Å². The van der Waals surface area contributed by atoms with Gasteiger partial charge in [-0.15, -0.1) is 0 Å². The highest BCUT2D eigenvalue weighted by molar-refractivity contribution is 7.91. The van der Waals surface area contributed by atoms with Crippen LogP contribution in [0, 0.1) is 5.92 Å². The fourth-order valence-corrected chi connectivity index (χ4v) is 4.65. The summed E-state index contributed by atoms with van der Waals surface area (Å²) in [6.45, 7) is 3.58. The second kappa shape index (κ2) is 8.79. The minimum Gasteiger partial charge on any atom is -0.495 e. The molecule has 1 aromatic rings. The van der Waals surface area contributed by atoms with E-state index in [2.05, 4.69) is 16.0 Å². The number of amides is 3. The maximum Gasteiger partial charge on any atom is 0.315 e. The molecule has 3 N–H and O–H groups in total. The van der Waals surface area contributed by atoms with Crippen LogP contribution in [0.15, 0.2) is 18.2 Å². The number of rotatable bonds is 6. The third-order valence-corrected chi connectivity index (χ3v) is 6.23. The lowest BCUT2D eigenvalue weighted by Crippen LogP contribution is -2.52. The average molecular weight is 418 g/mol. The van der Waals surface area contributed by atoms with Gasteiger partial charge in [-0.3, -0.25) is 4.79 Å². The molecule has 0 radical (unpaired) electrons. The normalized spacial score (nSPS) is 19.4. The molecule has 1 aliphatic heterocycles. The highest BCUT2D eigenvalue weighted by atomic mass is 35.5. The van der Waals surface area contributed by atoms with Crippen LogP contribution in [-0.2, 0) is 14.6 Å². The van der Waals surface area contributed by atoms with Gasteiger partial charge >= 0.3 is 6.03 Å². The Morgan fingerprint density at radius 1 is 1.30 bits per heavy atom. The number of hydrogen-bond acceptors (Lipinski definition) is 5. The number of benzene rings is 1. The SMILES string of the molecule is COc1ccc(Cl)cc1NC(=O)[C@H](NC(=O)NC1CCS(=O)(=O)C1)C(C)C. The summed E-state index contributed by atoms with van der Waals surface area (Å²) in [5.74, 6) is -0.219. The largest absolute Gasteiger partial charge is 0.495 e. The molecule has 8 nitrogen and oxygen atoms in total. The summed E-state index contributed by atoms with van der Waals surface area (Å²) >= 11 is 5.97. The molecule has 150 valence electrons. The van der Waals surface area contributed by atoms with Gasteiger partial charge in [-0.25, -0.2) is 13.2 Å². The third kappa shape index (κ3) is 6.00. The van der Waals surface area contributed by atoms with Crippen LogP contribution in [-0.4, -0.2) is 51.1 Å². The highest BCUT2D eigenvalue weighted by Crippen LogP contribution is 2.28. The van der Waals surface area contributed by atoms with Gasteiger partial charge < -0.3 is 20.7 Å². The predicted molar refractivity (Wildman–Crippen MR) is 104 cm³/mol. The zero-order valence-corrected chi connectivity index (χ0v) is 17.0. The van der Waals surface area contributed by atoms with Crippen molar-refractivity contribution < 1.29 is 22.7 Å². The van der Waals surface area contributed by atoms with Crippen LogP contribution in [0.3, 0.4) is 0 Å². The molecule has 2 atom stereocenters. The lowest BCUT2D eigenvalue weighted by Gasteiger charge is -2.23. The molecular formula is C17H24ClN3O5S. The van der Waals surface area contributed by atoms with Gasteiger partial charge in [0.1, 0.15) is 11.8 Å². The zero-order chi connectivity index (χ0) is 20.2. The zero-order valence-electron chi connectivity index (χ0n) is 15.4. The first kappa shape index (κ1) is 21.3. The fourth-order valence-electron chi connectivity index (χ4n) is 2.80. The molecule has 0 aliphatic carbocycles. The summed E-state index contributed by atoms with van der Waals surface area (Å²) in [5.41, 5.74) is 0.393. The van der Waals surface area contributed by atoms with Crippen LogP contribution in [0.2, 0.25) is 5.02 Å². The van der Waals surface area contributed by atoms with E-state index in [4.69, 9.17) is 16.3 Å². The molecule has 1 unspecified atom stereocenters. The smallest absolute Gasteiger partial charge is 0.315 e. The molecular weight excluding hydrogens is 394 g/mol. The molecule has 3 amide bonds. The van der Waals surface area contributed by atoms with Crippen molar-refractivity contribution in [3.05, 3.63) is 23.2 Å². The van der Waals surface area contributed by atoms with Crippen LogP contribution < -0.4 is 20.7 Å². The fraction of sp³-hybridized carbons (Fsp3) is 0.529. The number of ether oxygens (including phenoxy) is 1. The lowest BCUT2D eigenvalue weighted by molar-refractivity contribution is -0.118. The van der Waals surface area contributed by atoms with Crippen molar-refractivity contribution in [2.45, 2.75) is 32.4 Å². The van der Waals surface area contributed by atoms with Gasteiger partial charge in [-0.05, 0) is 30.5 Å². The van der Waals surface area contributed by atoms with Gasteiger partial charge in [-0.1, -0.05) is 25.4 Å². The Bertz CT molecular complexity index is 813. The van der Waals surface area contributed by atoms with E-state index >= 15 is 0 Å². The summed E-state index contributed by atoms with van der Waals surface area (Å²) < 4.78 is 28.2. The Balaban J connectivity index is 2.03. The minimum atomic E-state index is -3.10. The number of halogens is 1. The summed E-state index contributed by atoms with van der Waals surface area (Å²) in [6, 6.07) is 2.97. The maximum atomic E-state index is 12.7. The standard InChI is InChI=1S/C17H24ClN3O5S/c1-10(2)15(21-17(23)19-12-6-7-27(24,25)9-12)16(22)20-13-8-11(18)4-5-14(13)26-3/h4-5,8,10,12,15H,6-7,9H2,1-3H3,(H,20,22)(H2,19,21,23)/t12?,15-/m1/s1. The van der Waals surface area contributed by atoms with E-state index in [1.807, 2.05) is 0 Å². The number of urea groups is 1. The predicted octanol–water partition coefficient (Wildman–Crippen LogP) is 1.80. The second-order valence-corrected chi connectivity index (χ2v) is 9.44. The van der Waals surface area contributed by atoms with E-state index in [9.17, 15) is 18.0 Å². The van der Waals surface area contributed by atoms with Gasteiger partial charge in [0.25, 0.3) is 0 Å². The van der Waals surface area contributed by atoms with Crippen molar-refractivity contribution in [2.75, 3.05) is 23.9 Å². The lowest BCUT2D eigenvalue weighted by atomic mass is 10.0. The monoisotopic (exact) mass is 417 g/mol. The van der Waals surface area contributed by atoms with Crippen LogP contribution in [0.1, 0.15) is 20.3 Å². The Hall–Kier alpha value is -2.00. The molecule has 1 saturated heterocycles. The molecule has 0 bridgehead atoms. The summed E-state index contributed by atoms with van der Waals surface area (Å²) in [7, 11) is -1.63. The number of carbonyl (C=O) groups excluding carboxylic acids is 2. The van der Waals surface area contributed by atoms with Gasteiger partial charge in [0.2, 0.25) is 5.91 Å². The van der Waals surface area contributed by atoms with E-state index < -0.39 is 33.9 Å². The van der Waals surface area contributed by atoms with Crippen molar-refractivity contribution in [2.24, 2.45) is 5.92 Å². The minimum absolute atomic E-state index is 0.0562. The van der Waals surface area contributed by atoms with Crippen molar-refractivity contribution >= 4 is 39.1 Å². The number of nitrogens with one attached hydrogen (secondary N) is 3. The number of anilines is 1. The van der Waals surface area contributed by atoms with Gasteiger partial charge in [-0.2, -0.15) is 0 Å². The van der Waals surface area contributed by atoms with E-state index in [1.165, 1.54) is 7.11 Å². The molecule has 2 rings (SSSR count). The first-order valence-electron chi connectivity index (χ1n) is 8.53. The quantitative estimate of drug-likeness (QED) is 0.653. The van der Waals surface area contributed by atoms with Crippen LogP contribution >= 0.6 is 11.6 Å². The molecule has 0 saturated carbocycles. The second-order valence-electron chi connectivity index (χ2n) is 6.77. The molecule has 1 fully saturated rings.